The normalized spacial score (nSPS) is 11.6. The van der Waals surface area contributed by atoms with Crippen LogP contribution in [0.2, 0.25) is 0 Å². The molecule has 84 valence electrons. The fourth-order valence-electron chi connectivity index (χ4n) is 1.08. The van der Waals surface area contributed by atoms with Gasteiger partial charge in [0.15, 0.2) is 0 Å². The Kier molecular flexibility index (Phi) is 4.01. The molecule has 15 heavy (non-hydrogen) atoms. The van der Waals surface area contributed by atoms with Crippen LogP contribution in [0, 0.1) is 0 Å². The van der Waals surface area contributed by atoms with Crippen molar-refractivity contribution in [3.63, 3.8) is 0 Å². The zero-order valence-electron chi connectivity index (χ0n) is 8.43. The molecular formula is C9H14N2O2S2. The Balaban J connectivity index is 3.15. The SMILES string of the molecule is CCCSc1ccc(N)cc1S(N)(=O)=O. The van der Waals surface area contributed by atoms with Crippen molar-refractivity contribution < 1.29 is 8.42 Å². The van der Waals surface area contributed by atoms with Gasteiger partial charge >= 0.3 is 0 Å². The Labute approximate surface area is 94.1 Å². The molecule has 0 bridgehead atoms. The third-order valence-corrected chi connectivity index (χ3v) is 4.10. The van der Waals surface area contributed by atoms with Crippen molar-refractivity contribution in [2.45, 2.75) is 23.1 Å². The molecule has 4 N–H and O–H groups in total. The topological polar surface area (TPSA) is 86.2 Å². The Morgan fingerprint density at radius 3 is 2.60 bits per heavy atom. The molecule has 0 saturated heterocycles. The standard InChI is InChI=1S/C9H14N2O2S2/c1-2-5-14-8-4-3-7(10)6-9(8)15(11,12)13/h3-4,6H,2,5,10H2,1H3,(H2,11,12,13). The average Bonchev–Trinajstić information content (AvgIpc) is 2.14. The molecule has 0 aliphatic heterocycles. The minimum Gasteiger partial charge on any atom is -0.399 e. The van der Waals surface area contributed by atoms with Crippen LogP contribution in [0.1, 0.15) is 13.3 Å². The number of rotatable bonds is 4. The van der Waals surface area contributed by atoms with E-state index in [1.165, 1.54) is 17.8 Å². The largest absolute Gasteiger partial charge is 0.399 e. The summed E-state index contributed by atoms with van der Waals surface area (Å²) in [6.07, 6.45) is 0.971. The lowest BCUT2D eigenvalue weighted by molar-refractivity contribution is 0.596. The van der Waals surface area contributed by atoms with E-state index in [9.17, 15) is 8.42 Å². The number of benzene rings is 1. The Hall–Kier alpha value is -0.720. The first-order valence-electron chi connectivity index (χ1n) is 4.50. The summed E-state index contributed by atoms with van der Waals surface area (Å²) in [7, 11) is -3.69. The van der Waals surface area contributed by atoms with Crippen LogP contribution in [-0.2, 0) is 10.0 Å². The zero-order chi connectivity index (χ0) is 11.5. The van der Waals surface area contributed by atoms with Crippen LogP contribution in [-0.4, -0.2) is 14.2 Å². The van der Waals surface area contributed by atoms with Crippen molar-refractivity contribution in [1.29, 1.82) is 0 Å². The van der Waals surface area contributed by atoms with E-state index in [0.29, 0.717) is 10.6 Å². The summed E-state index contributed by atoms with van der Waals surface area (Å²) in [5.74, 6) is 0.854. The maximum absolute atomic E-state index is 11.3. The predicted octanol–water partition coefficient (Wildman–Crippen LogP) is 1.42. The summed E-state index contributed by atoms with van der Waals surface area (Å²) in [5, 5.41) is 5.10. The quantitative estimate of drug-likeness (QED) is 0.621. The van der Waals surface area contributed by atoms with E-state index in [-0.39, 0.29) is 4.90 Å². The molecule has 0 aliphatic carbocycles. The Morgan fingerprint density at radius 1 is 1.40 bits per heavy atom. The molecule has 0 saturated carbocycles. The van der Waals surface area contributed by atoms with Gasteiger partial charge in [0.05, 0.1) is 4.90 Å². The predicted molar refractivity (Wildman–Crippen MR) is 63.2 cm³/mol. The number of nitrogens with two attached hydrogens (primary N) is 2. The number of anilines is 1. The van der Waals surface area contributed by atoms with Gasteiger partial charge in [0.2, 0.25) is 10.0 Å². The number of nitrogen functional groups attached to an aromatic ring is 1. The maximum atomic E-state index is 11.3. The van der Waals surface area contributed by atoms with Gasteiger partial charge in [-0.15, -0.1) is 11.8 Å². The van der Waals surface area contributed by atoms with Crippen LogP contribution in [0.4, 0.5) is 5.69 Å². The second kappa shape index (κ2) is 4.87. The molecule has 0 unspecified atom stereocenters. The van der Waals surface area contributed by atoms with Gasteiger partial charge in [0.25, 0.3) is 0 Å². The van der Waals surface area contributed by atoms with Crippen molar-refractivity contribution in [3.8, 4) is 0 Å². The first-order valence-corrected chi connectivity index (χ1v) is 7.03. The molecule has 6 heteroatoms. The average molecular weight is 246 g/mol. The van der Waals surface area contributed by atoms with Crippen molar-refractivity contribution >= 4 is 27.5 Å². The van der Waals surface area contributed by atoms with Crippen LogP contribution >= 0.6 is 11.8 Å². The van der Waals surface area contributed by atoms with Crippen molar-refractivity contribution in [2.24, 2.45) is 5.14 Å². The fourth-order valence-corrected chi connectivity index (χ4v) is 3.04. The zero-order valence-corrected chi connectivity index (χ0v) is 10.1. The molecule has 0 amide bonds. The highest BCUT2D eigenvalue weighted by Gasteiger charge is 2.14. The molecule has 0 heterocycles. The van der Waals surface area contributed by atoms with Gasteiger partial charge in [0, 0.05) is 10.6 Å². The molecule has 1 rings (SSSR count). The number of sulfonamides is 1. The maximum Gasteiger partial charge on any atom is 0.239 e. The lowest BCUT2D eigenvalue weighted by Crippen LogP contribution is -2.13. The van der Waals surface area contributed by atoms with Crippen LogP contribution in [0.15, 0.2) is 28.0 Å². The second-order valence-electron chi connectivity index (χ2n) is 3.10. The van der Waals surface area contributed by atoms with E-state index < -0.39 is 10.0 Å². The molecule has 0 spiro atoms. The Bertz CT molecular complexity index is 443. The summed E-state index contributed by atoms with van der Waals surface area (Å²) in [6, 6.07) is 4.76. The van der Waals surface area contributed by atoms with E-state index in [4.69, 9.17) is 10.9 Å². The van der Waals surface area contributed by atoms with Crippen molar-refractivity contribution in [2.75, 3.05) is 11.5 Å². The highest BCUT2D eigenvalue weighted by Crippen LogP contribution is 2.27. The van der Waals surface area contributed by atoms with Gasteiger partial charge in [-0.05, 0) is 30.4 Å². The summed E-state index contributed by atoms with van der Waals surface area (Å²) in [5.41, 5.74) is 5.93. The van der Waals surface area contributed by atoms with Crippen LogP contribution in [0.3, 0.4) is 0 Å². The number of primary sulfonamides is 1. The van der Waals surface area contributed by atoms with Crippen molar-refractivity contribution in [3.05, 3.63) is 18.2 Å². The molecule has 0 fully saturated rings. The minimum absolute atomic E-state index is 0.112. The summed E-state index contributed by atoms with van der Waals surface area (Å²) >= 11 is 1.47. The number of hydrogen-bond donors (Lipinski definition) is 2. The summed E-state index contributed by atoms with van der Waals surface area (Å²) in [6.45, 7) is 2.03. The van der Waals surface area contributed by atoms with Crippen LogP contribution < -0.4 is 10.9 Å². The molecule has 1 aromatic carbocycles. The molecule has 4 nitrogen and oxygen atoms in total. The van der Waals surface area contributed by atoms with E-state index in [1.54, 1.807) is 12.1 Å². The van der Waals surface area contributed by atoms with Crippen LogP contribution in [0.25, 0.3) is 0 Å². The molecule has 0 radical (unpaired) electrons. The molecule has 0 atom stereocenters. The third-order valence-electron chi connectivity index (χ3n) is 1.74. The van der Waals surface area contributed by atoms with Gasteiger partial charge in [-0.2, -0.15) is 0 Å². The second-order valence-corrected chi connectivity index (χ2v) is 5.77. The third kappa shape index (κ3) is 3.40. The first kappa shape index (κ1) is 12.4. The van der Waals surface area contributed by atoms with Gasteiger partial charge < -0.3 is 5.73 Å². The summed E-state index contributed by atoms with van der Waals surface area (Å²) in [4.78, 5) is 0.773. The van der Waals surface area contributed by atoms with Crippen molar-refractivity contribution in [1.82, 2.24) is 0 Å². The van der Waals surface area contributed by atoms with Gasteiger partial charge in [-0.1, -0.05) is 6.92 Å². The van der Waals surface area contributed by atoms with Gasteiger partial charge in [-0.3, -0.25) is 0 Å². The monoisotopic (exact) mass is 246 g/mol. The lowest BCUT2D eigenvalue weighted by Gasteiger charge is -2.07. The molecule has 0 aromatic heterocycles. The first-order chi connectivity index (χ1) is 6.95. The highest BCUT2D eigenvalue weighted by atomic mass is 32.2. The molecule has 1 aromatic rings. The Morgan fingerprint density at radius 2 is 2.07 bits per heavy atom. The summed E-state index contributed by atoms with van der Waals surface area (Å²) < 4.78 is 22.6. The van der Waals surface area contributed by atoms with E-state index in [2.05, 4.69) is 0 Å². The highest BCUT2D eigenvalue weighted by molar-refractivity contribution is 8.00. The van der Waals surface area contributed by atoms with E-state index >= 15 is 0 Å². The smallest absolute Gasteiger partial charge is 0.239 e. The van der Waals surface area contributed by atoms with Gasteiger partial charge in [-0.25, -0.2) is 13.6 Å². The lowest BCUT2D eigenvalue weighted by atomic mass is 10.3. The molecule has 0 aliphatic rings. The molecular weight excluding hydrogens is 232 g/mol. The minimum atomic E-state index is -3.69. The van der Waals surface area contributed by atoms with E-state index in [1.807, 2.05) is 6.92 Å². The van der Waals surface area contributed by atoms with Gasteiger partial charge in [0.1, 0.15) is 0 Å². The fraction of sp³-hybridized carbons (Fsp3) is 0.333. The number of hydrogen-bond acceptors (Lipinski definition) is 4. The van der Waals surface area contributed by atoms with Crippen LogP contribution in [0.5, 0.6) is 0 Å². The number of thioether (sulfide) groups is 1. The van der Waals surface area contributed by atoms with E-state index in [0.717, 1.165) is 12.2 Å².